The predicted octanol–water partition coefficient (Wildman–Crippen LogP) is 3.39. The van der Waals surface area contributed by atoms with Gasteiger partial charge in [0.05, 0.1) is 12.4 Å². The quantitative estimate of drug-likeness (QED) is 0.776. The van der Waals surface area contributed by atoms with E-state index in [4.69, 9.17) is 9.15 Å². The highest BCUT2D eigenvalue weighted by Crippen LogP contribution is 2.30. The van der Waals surface area contributed by atoms with Gasteiger partial charge >= 0.3 is 0 Å². The highest BCUT2D eigenvalue weighted by Gasteiger charge is 2.17. The summed E-state index contributed by atoms with van der Waals surface area (Å²) in [6, 6.07) is 7.62. The molecular formula is C18H18N4O2. The minimum absolute atomic E-state index is 0.237. The number of hydrogen-bond acceptors (Lipinski definition) is 6. The topological polar surface area (TPSA) is 73.1 Å². The van der Waals surface area contributed by atoms with Crippen LogP contribution in [0.4, 0.5) is 5.95 Å². The van der Waals surface area contributed by atoms with Crippen molar-refractivity contribution in [1.82, 2.24) is 15.0 Å². The summed E-state index contributed by atoms with van der Waals surface area (Å²) in [6.45, 7) is 1.55. The summed E-state index contributed by atoms with van der Waals surface area (Å²) in [6.07, 6.45) is 9.40. The molecule has 3 aromatic rings. The lowest BCUT2D eigenvalue weighted by Gasteiger charge is -2.12. The second-order valence-corrected chi connectivity index (χ2v) is 5.69. The molecule has 1 aliphatic heterocycles. The summed E-state index contributed by atoms with van der Waals surface area (Å²) in [4.78, 5) is 13.2. The van der Waals surface area contributed by atoms with E-state index in [9.17, 15) is 0 Å². The average molecular weight is 322 g/mol. The molecule has 0 amide bonds. The molecule has 0 saturated carbocycles. The van der Waals surface area contributed by atoms with E-state index in [1.54, 1.807) is 18.7 Å². The summed E-state index contributed by atoms with van der Waals surface area (Å²) >= 11 is 0. The fraction of sp³-hybridized carbons (Fsp3) is 0.278. The Bertz CT molecular complexity index is 784. The van der Waals surface area contributed by atoms with Gasteiger partial charge < -0.3 is 14.5 Å². The van der Waals surface area contributed by atoms with Crippen LogP contribution in [0.25, 0.3) is 22.6 Å². The number of hydrogen-bond donors (Lipinski definition) is 1. The Morgan fingerprint density at radius 3 is 2.88 bits per heavy atom. The van der Waals surface area contributed by atoms with E-state index in [2.05, 4.69) is 20.3 Å². The van der Waals surface area contributed by atoms with E-state index in [0.29, 0.717) is 18.3 Å². The van der Waals surface area contributed by atoms with Crippen LogP contribution in [0.1, 0.15) is 12.8 Å². The highest BCUT2D eigenvalue weighted by molar-refractivity contribution is 5.78. The van der Waals surface area contributed by atoms with Crippen LogP contribution in [0.5, 0.6) is 0 Å². The maximum absolute atomic E-state index is 5.63. The first-order valence-corrected chi connectivity index (χ1v) is 8.07. The standard InChI is InChI=1S/C18H18N4O2/c1-3-14(23-9-1)11-20-18-21-12-15(13-5-7-19-8-6-13)17(22-18)16-4-2-10-24-16/h2,4-8,10,12,14H,1,3,9,11H2,(H,20,21,22). The first kappa shape index (κ1) is 14.8. The first-order chi connectivity index (χ1) is 11.9. The number of nitrogens with one attached hydrogen (secondary N) is 1. The predicted molar refractivity (Wildman–Crippen MR) is 90.4 cm³/mol. The molecule has 1 saturated heterocycles. The number of pyridine rings is 1. The molecule has 0 spiro atoms. The van der Waals surface area contributed by atoms with Gasteiger partial charge in [0.15, 0.2) is 5.76 Å². The summed E-state index contributed by atoms with van der Waals surface area (Å²) in [5.41, 5.74) is 2.67. The normalized spacial score (nSPS) is 17.1. The van der Waals surface area contributed by atoms with Crippen LogP contribution in [-0.2, 0) is 4.74 Å². The van der Waals surface area contributed by atoms with Gasteiger partial charge in [-0.25, -0.2) is 9.97 Å². The molecule has 0 aliphatic carbocycles. The molecule has 0 aromatic carbocycles. The molecule has 0 bridgehead atoms. The van der Waals surface area contributed by atoms with Gasteiger partial charge in [0.2, 0.25) is 5.95 Å². The van der Waals surface area contributed by atoms with Gasteiger partial charge in [-0.05, 0) is 42.7 Å². The summed E-state index contributed by atoms with van der Waals surface area (Å²) in [7, 11) is 0. The second kappa shape index (κ2) is 6.80. The molecule has 1 unspecified atom stereocenters. The third-order valence-corrected chi connectivity index (χ3v) is 4.05. The maximum Gasteiger partial charge on any atom is 0.223 e. The van der Waals surface area contributed by atoms with E-state index in [1.165, 1.54) is 0 Å². The van der Waals surface area contributed by atoms with E-state index in [1.807, 2.05) is 30.5 Å². The molecule has 6 nitrogen and oxygen atoms in total. The summed E-state index contributed by atoms with van der Waals surface area (Å²) in [5.74, 6) is 1.29. The number of nitrogens with zero attached hydrogens (tertiary/aromatic N) is 3. The SMILES string of the molecule is c1coc(-c2nc(NCC3CCCO3)ncc2-c2ccncc2)c1. The van der Waals surface area contributed by atoms with Crippen molar-refractivity contribution < 1.29 is 9.15 Å². The summed E-state index contributed by atoms with van der Waals surface area (Å²) < 4.78 is 11.2. The van der Waals surface area contributed by atoms with Crippen LogP contribution in [0.15, 0.2) is 53.5 Å². The van der Waals surface area contributed by atoms with Crippen molar-refractivity contribution in [2.24, 2.45) is 0 Å². The smallest absolute Gasteiger partial charge is 0.223 e. The largest absolute Gasteiger partial charge is 0.463 e. The molecule has 1 fully saturated rings. The van der Waals surface area contributed by atoms with Crippen LogP contribution < -0.4 is 5.32 Å². The molecule has 24 heavy (non-hydrogen) atoms. The van der Waals surface area contributed by atoms with Gasteiger partial charge in [0.1, 0.15) is 5.69 Å². The van der Waals surface area contributed by atoms with Gasteiger partial charge in [-0.3, -0.25) is 4.98 Å². The number of aromatic nitrogens is 3. The number of ether oxygens (including phenoxy) is 1. The van der Waals surface area contributed by atoms with E-state index < -0.39 is 0 Å². The Morgan fingerprint density at radius 2 is 2.12 bits per heavy atom. The van der Waals surface area contributed by atoms with Gasteiger partial charge in [-0.2, -0.15) is 0 Å². The zero-order valence-electron chi connectivity index (χ0n) is 13.2. The minimum atomic E-state index is 0.237. The third-order valence-electron chi connectivity index (χ3n) is 4.05. The monoisotopic (exact) mass is 322 g/mol. The van der Waals surface area contributed by atoms with Gasteiger partial charge in [-0.15, -0.1) is 0 Å². The zero-order valence-corrected chi connectivity index (χ0v) is 13.2. The number of anilines is 1. The molecule has 0 radical (unpaired) electrons. The van der Waals surface area contributed by atoms with Crippen molar-refractivity contribution in [3.8, 4) is 22.6 Å². The Morgan fingerprint density at radius 1 is 1.21 bits per heavy atom. The Kier molecular flexibility index (Phi) is 4.20. The van der Waals surface area contributed by atoms with Crippen LogP contribution in [0, 0.1) is 0 Å². The Hall–Kier alpha value is -2.73. The molecule has 3 aromatic heterocycles. The second-order valence-electron chi connectivity index (χ2n) is 5.69. The highest BCUT2D eigenvalue weighted by atomic mass is 16.5. The van der Waals surface area contributed by atoms with Gasteiger partial charge in [-0.1, -0.05) is 0 Å². The summed E-state index contributed by atoms with van der Waals surface area (Å²) in [5, 5.41) is 3.27. The lowest BCUT2D eigenvalue weighted by atomic mass is 10.1. The fourth-order valence-electron chi connectivity index (χ4n) is 2.82. The van der Waals surface area contributed by atoms with Crippen LogP contribution in [-0.4, -0.2) is 34.2 Å². The Labute approximate surface area is 139 Å². The fourth-order valence-corrected chi connectivity index (χ4v) is 2.82. The molecule has 6 heteroatoms. The van der Waals surface area contributed by atoms with Crippen molar-refractivity contribution >= 4 is 5.95 Å². The molecular weight excluding hydrogens is 304 g/mol. The van der Waals surface area contributed by atoms with Gasteiger partial charge in [0.25, 0.3) is 0 Å². The average Bonchev–Trinajstić information content (AvgIpc) is 3.34. The van der Waals surface area contributed by atoms with Crippen LogP contribution >= 0.6 is 0 Å². The molecule has 122 valence electrons. The van der Waals surface area contributed by atoms with E-state index >= 15 is 0 Å². The van der Waals surface area contributed by atoms with Gasteiger partial charge in [0, 0.05) is 37.3 Å². The molecule has 1 N–H and O–H groups in total. The first-order valence-electron chi connectivity index (χ1n) is 8.07. The molecule has 4 rings (SSSR count). The number of rotatable bonds is 5. The van der Waals surface area contributed by atoms with Crippen molar-refractivity contribution in [1.29, 1.82) is 0 Å². The third kappa shape index (κ3) is 3.14. The zero-order chi connectivity index (χ0) is 16.2. The Balaban J connectivity index is 1.65. The maximum atomic E-state index is 5.63. The molecule has 1 atom stereocenters. The van der Waals surface area contributed by atoms with Crippen LogP contribution in [0.2, 0.25) is 0 Å². The van der Waals surface area contributed by atoms with Crippen molar-refractivity contribution in [3.63, 3.8) is 0 Å². The van der Waals surface area contributed by atoms with Crippen molar-refractivity contribution in [2.75, 3.05) is 18.5 Å². The van der Waals surface area contributed by atoms with Crippen molar-refractivity contribution in [3.05, 3.63) is 49.1 Å². The minimum Gasteiger partial charge on any atom is -0.463 e. The van der Waals surface area contributed by atoms with Crippen LogP contribution in [0.3, 0.4) is 0 Å². The van der Waals surface area contributed by atoms with E-state index in [0.717, 1.165) is 36.3 Å². The lowest BCUT2D eigenvalue weighted by Crippen LogP contribution is -2.19. The lowest BCUT2D eigenvalue weighted by molar-refractivity contribution is 0.120. The molecule has 1 aliphatic rings. The van der Waals surface area contributed by atoms with E-state index in [-0.39, 0.29) is 6.10 Å². The molecule has 4 heterocycles. The van der Waals surface area contributed by atoms with Crippen molar-refractivity contribution in [2.45, 2.75) is 18.9 Å². The number of furan rings is 1.